The molecule has 16 heavy (non-hydrogen) atoms. The van der Waals surface area contributed by atoms with E-state index in [4.69, 9.17) is 0 Å². The highest BCUT2D eigenvalue weighted by molar-refractivity contribution is 5.96. The summed E-state index contributed by atoms with van der Waals surface area (Å²) in [7, 11) is 1.50. The first-order valence-corrected chi connectivity index (χ1v) is 5.91. The molecule has 1 aliphatic heterocycles. The lowest BCUT2D eigenvalue weighted by Crippen LogP contribution is -3.17. The molecule has 3 N–H and O–H groups in total. The molecule has 0 radical (unpaired) electrons. The van der Waals surface area contributed by atoms with Gasteiger partial charge in [-0.15, -0.1) is 0 Å². The average molecular weight is 228 g/mol. The van der Waals surface area contributed by atoms with E-state index in [1.54, 1.807) is 0 Å². The number of imide groups is 1. The molecule has 0 unspecified atom stereocenters. The second kappa shape index (κ2) is 5.84. The van der Waals surface area contributed by atoms with Crippen molar-refractivity contribution in [1.82, 2.24) is 10.6 Å². The van der Waals surface area contributed by atoms with Crippen molar-refractivity contribution in [3.63, 3.8) is 0 Å². The van der Waals surface area contributed by atoms with Crippen LogP contribution in [-0.4, -0.2) is 38.1 Å². The van der Waals surface area contributed by atoms with Gasteiger partial charge in [0.05, 0.1) is 13.1 Å². The van der Waals surface area contributed by atoms with Crippen LogP contribution in [0.2, 0.25) is 0 Å². The van der Waals surface area contributed by atoms with Crippen LogP contribution >= 0.6 is 0 Å². The quantitative estimate of drug-likeness (QED) is 0.576. The number of hydrogen-bond donors (Lipinski definition) is 3. The molecule has 3 amide bonds. The van der Waals surface area contributed by atoms with Gasteiger partial charge in [-0.3, -0.25) is 10.1 Å². The molecule has 1 atom stereocenters. The van der Waals surface area contributed by atoms with Crippen LogP contribution in [0.1, 0.15) is 26.7 Å². The molecular weight excluding hydrogens is 206 g/mol. The molecule has 1 rings (SSSR count). The third-order valence-corrected chi connectivity index (χ3v) is 3.39. The minimum atomic E-state index is -0.429. The standard InChI is InChI=1S/C11H21N3O2/c1-8-4-6-14(7-5-8)9(2)10(15)13-11(16)12-3/h8-9H,4-7H2,1-3H3,(H2,12,13,15,16)/p+1/t9-/m1/s1. The number of quaternary nitrogens is 1. The van der Waals surface area contributed by atoms with Crippen LogP contribution < -0.4 is 15.5 Å². The highest BCUT2D eigenvalue weighted by Gasteiger charge is 2.29. The van der Waals surface area contributed by atoms with Gasteiger partial charge in [-0.05, 0) is 25.7 Å². The van der Waals surface area contributed by atoms with Gasteiger partial charge in [0, 0.05) is 7.05 Å². The first-order chi connectivity index (χ1) is 7.54. The SMILES string of the molecule is CNC(=O)NC(=O)[C@@H](C)[NH+]1CCC(C)CC1. The van der Waals surface area contributed by atoms with E-state index in [0.29, 0.717) is 0 Å². The monoisotopic (exact) mass is 228 g/mol. The van der Waals surface area contributed by atoms with Gasteiger partial charge in [0.1, 0.15) is 0 Å². The zero-order valence-electron chi connectivity index (χ0n) is 10.3. The number of piperidine rings is 1. The lowest BCUT2D eigenvalue weighted by atomic mass is 9.98. The Bertz CT molecular complexity index is 260. The van der Waals surface area contributed by atoms with Gasteiger partial charge >= 0.3 is 6.03 Å². The minimum absolute atomic E-state index is 0.148. The number of hydrogen-bond acceptors (Lipinski definition) is 2. The lowest BCUT2D eigenvalue weighted by Gasteiger charge is -2.30. The third-order valence-electron chi connectivity index (χ3n) is 3.39. The summed E-state index contributed by atoms with van der Waals surface area (Å²) in [5.41, 5.74) is 0. The van der Waals surface area contributed by atoms with Crippen LogP contribution in [-0.2, 0) is 4.79 Å². The molecule has 5 nitrogen and oxygen atoms in total. The summed E-state index contributed by atoms with van der Waals surface area (Å²) in [6.07, 6.45) is 2.32. The first-order valence-electron chi connectivity index (χ1n) is 5.91. The zero-order chi connectivity index (χ0) is 12.1. The van der Waals surface area contributed by atoms with E-state index in [1.165, 1.54) is 11.9 Å². The summed E-state index contributed by atoms with van der Waals surface area (Å²) in [5, 5.41) is 4.71. The predicted molar refractivity (Wildman–Crippen MR) is 61.2 cm³/mol. The van der Waals surface area contributed by atoms with Crippen molar-refractivity contribution in [1.29, 1.82) is 0 Å². The van der Waals surface area contributed by atoms with Crippen molar-refractivity contribution in [3.05, 3.63) is 0 Å². The maximum absolute atomic E-state index is 11.7. The molecule has 1 saturated heterocycles. The number of likely N-dealkylation sites (tertiary alicyclic amines) is 1. The highest BCUT2D eigenvalue weighted by Crippen LogP contribution is 2.07. The molecule has 0 aromatic heterocycles. The van der Waals surface area contributed by atoms with Crippen LogP contribution in [0.15, 0.2) is 0 Å². The van der Waals surface area contributed by atoms with Gasteiger partial charge in [0.15, 0.2) is 6.04 Å². The van der Waals surface area contributed by atoms with Crippen LogP contribution in [0, 0.1) is 5.92 Å². The molecule has 1 fully saturated rings. The maximum Gasteiger partial charge on any atom is 0.321 e. The summed E-state index contributed by atoms with van der Waals surface area (Å²) < 4.78 is 0. The van der Waals surface area contributed by atoms with Crippen LogP contribution in [0.3, 0.4) is 0 Å². The Balaban J connectivity index is 2.41. The molecule has 92 valence electrons. The molecule has 0 spiro atoms. The number of nitrogens with one attached hydrogen (secondary N) is 3. The number of rotatable bonds is 2. The van der Waals surface area contributed by atoms with Crippen molar-refractivity contribution in [2.24, 2.45) is 5.92 Å². The normalized spacial score (nSPS) is 26.9. The number of carbonyl (C=O) groups excluding carboxylic acids is 2. The summed E-state index contributed by atoms with van der Waals surface area (Å²) in [4.78, 5) is 24.0. The lowest BCUT2D eigenvalue weighted by molar-refractivity contribution is -0.920. The van der Waals surface area contributed by atoms with Crippen molar-refractivity contribution >= 4 is 11.9 Å². The summed E-state index contributed by atoms with van der Waals surface area (Å²) in [6, 6.07) is -0.577. The maximum atomic E-state index is 11.7. The van der Waals surface area contributed by atoms with Crippen molar-refractivity contribution in [2.45, 2.75) is 32.7 Å². The second-order valence-corrected chi connectivity index (χ2v) is 4.63. The first kappa shape index (κ1) is 13.0. The fraction of sp³-hybridized carbons (Fsp3) is 0.818. The molecule has 0 saturated carbocycles. The topological polar surface area (TPSA) is 62.6 Å². The summed E-state index contributed by atoms with van der Waals surface area (Å²) in [6.45, 7) is 6.16. The Kier molecular flexibility index (Phi) is 4.73. The van der Waals surface area contributed by atoms with Crippen LogP contribution in [0.5, 0.6) is 0 Å². The Morgan fingerprint density at radius 3 is 2.38 bits per heavy atom. The van der Waals surface area contributed by atoms with Gasteiger partial charge in [0.25, 0.3) is 5.91 Å². The average Bonchev–Trinajstić information content (AvgIpc) is 2.28. The van der Waals surface area contributed by atoms with E-state index in [9.17, 15) is 9.59 Å². The van der Waals surface area contributed by atoms with Gasteiger partial charge in [-0.2, -0.15) is 0 Å². The molecule has 0 aromatic carbocycles. The van der Waals surface area contributed by atoms with Crippen LogP contribution in [0.4, 0.5) is 4.79 Å². The summed E-state index contributed by atoms with van der Waals surface area (Å²) >= 11 is 0. The van der Waals surface area contributed by atoms with Gasteiger partial charge in [-0.1, -0.05) is 6.92 Å². The van der Waals surface area contributed by atoms with Crippen molar-refractivity contribution in [2.75, 3.05) is 20.1 Å². The Labute approximate surface area is 96.6 Å². The van der Waals surface area contributed by atoms with E-state index >= 15 is 0 Å². The van der Waals surface area contributed by atoms with E-state index in [1.807, 2.05) is 6.92 Å². The Morgan fingerprint density at radius 2 is 1.88 bits per heavy atom. The zero-order valence-corrected chi connectivity index (χ0v) is 10.3. The van der Waals surface area contributed by atoms with E-state index in [-0.39, 0.29) is 11.9 Å². The highest BCUT2D eigenvalue weighted by atomic mass is 16.2. The Morgan fingerprint density at radius 1 is 1.31 bits per heavy atom. The largest absolute Gasteiger partial charge is 0.341 e. The number of amides is 3. The fourth-order valence-electron chi connectivity index (χ4n) is 2.03. The van der Waals surface area contributed by atoms with Crippen LogP contribution in [0.25, 0.3) is 0 Å². The second-order valence-electron chi connectivity index (χ2n) is 4.63. The predicted octanol–water partition coefficient (Wildman–Crippen LogP) is -0.855. The fourth-order valence-corrected chi connectivity index (χ4v) is 2.03. The van der Waals surface area contributed by atoms with E-state index < -0.39 is 6.03 Å². The molecule has 0 aliphatic carbocycles. The Hall–Kier alpha value is -1.10. The van der Waals surface area contributed by atoms with Gasteiger partial charge in [0.2, 0.25) is 0 Å². The van der Waals surface area contributed by atoms with Crippen molar-refractivity contribution in [3.8, 4) is 0 Å². The molecule has 5 heteroatoms. The molecule has 0 aromatic rings. The number of carbonyl (C=O) groups is 2. The smallest absolute Gasteiger partial charge is 0.321 e. The van der Waals surface area contributed by atoms with Gasteiger partial charge < -0.3 is 10.2 Å². The van der Waals surface area contributed by atoms with E-state index in [2.05, 4.69) is 17.6 Å². The van der Waals surface area contributed by atoms with Crippen molar-refractivity contribution < 1.29 is 14.5 Å². The molecule has 1 aliphatic rings. The van der Waals surface area contributed by atoms with Gasteiger partial charge in [-0.25, -0.2) is 4.79 Å². The number of urea groups is 1. The minimum Gasteiger partial charge on any atom is -0.341 e. The molecule has 0 bridgehead atoms. The molecule has 1 heterocycles. The molecular formula is C11H22N3O2+. The third kappa shape index (κ3) is 3.48. The summed E-state index contributed by atoms with van der Waals surface area (Å²) in [5.74, 6) is 0.571. The van der Waals surface area contributed by atoms with E-state index in [0.717, 1.165) is 31.8 Å².